The molecule has 0 bridgehead atoms. The predicted molar refractivity (Wildman–Crippen MR) is 91.8 cm³/mol. The SMILES string of the molecule is CC(CCNC1CCN(C(C)(C)C)CC1)c1ccccc1. The van der Waals surface area contributed by atoms with Crippen LogP contribution < -0.4 is 5.32 Å². The molecule has 1 N–H and O–H groups in total. The zero-order valence-electron chi connectivity index (χ0n) is 14.2. The number of piperidine rings is 1. The first kappa shape index (κ1) is 16.5. The monoisotopic (exact) mass is 288 g/mol. The summed E-state index contributed by atoms with van der Waals surface area (Å²) in [4.78, 5) is 2.61. The minimum atomic E-state index is 0.326. The summed E-state index contributed by atoms with van der Waals surface area (Å²) in [5.41, 5.74) is 1.79. The quantitative estimate of drug-likeness (QED) is 0.880. The number of rotatable bonds is 5. The van der Waals surface area contributed by atoms with Crippen molar-refractivity contribution in [2.45, 2.75) is 64.5 Å². The van der Waals surface area contributed by atoms with Gasteiger partial charge in [-0.25, -0.2) is 0 Å². The summed E-state index contributed by atoms with van der Waals surface area (Å²) in [6.07, 6.45) is 3.80. The third-order valence-electron chi connectivity index (χ3n) is 4.82. The predicted octanol–water partition coefficient (Wildman–Crippen LogP) is 4.03. The van der Waals surface area contributed by atoms with Crippen molar-refractivity contribution in [1.29, 1.82) is 0 Å². The van der Waals surface area contributed by atoms with E-state index in [1.807, 2.05) is 0 Å². The first-order valence-corrected chi connectivity index (χ1v) is 8.50. The Morgan fingerprint density at radius 3 is 2.33 bits per heavy atom. The molecule has 1 aliphatic heterocycles. The van der Waals surface area contributed by atoms with E-state index >= 15 is 0 Å². The van der Waals surface area contributed by atoms with Crippen molar-refractivity contribution in [3.05, 3.63) is 35.9 Å². The molecule has 0 saturated carbocycles. The van der Waals surface area contributed by atoms with Gasteiger partial charge in [0.25, 0.3) is 0 Å². The lowest BCUT2D eigenvalue weighted by molar-refractivity contribution is 0.0963. The minimum absolute atomic E-state index is 0.326. The standard InChI is InChI=1S/C19H32N2/c1-16(17-8-6-5-7-9-17)10-13-20-18-11-14-21(15-12-18)19(2,3)4/h5-9,16,18,20H,10-15H2,1-4H3. The molecule has 118 valence electrons. The lowest BCUT2D eigenvalue weighted by Crippen LogP contribution is -2.50. The third kappa shape index (κ3) is 5.12. The van der Waals surface area contributed by atoms with Gasteiger partial charge in [-0.1, -0.05) is 37.3 Å². The van der Waals surface area contributed by atoms with Crippen molar-refractivity contribution in [3.63, 3.8) is 0 Å². The van der Waals surface area contributed by atoms with E-state index in [0.717, 1.165) is 6.54 Å². The van der Waals surface area contributed by atoms with E-state index in [0.29, 0.717) is 17.5 Å². The highest BCUT2D eigenvalue weighted by atomic mass is 15.2. The fourth-order valence-corrected chi connectivity index (χ4v) is 3.21. The molecule has 0 aliphatic carbocycles. The molecule has 1 unspecified atom stereocenters. The van der Waals surface area contributed by atoms with E-state index in [4.69, 9.17) is 0 Å². The average Bonchev–Trinajstić information content (AvgIpc) is 2.47. The van der Waals surface area contributed by atoms with Gasteiger partial charge in [0, 0.05) is 24.7 Å². The number of benzene rings is 1. The molecular formula is C19H32N2. The van der Waals surface area contributed by atoms with Crippen molar-refractivity contribution >= 4 is 0 Å². The molecule has 1 fully saturated rings. The van der Waals surface area contributed by atoms with E-state index < -0.39 is 0 Å². The zero-order chi connectivity index (χ0) is 15.3. The Morgan fingerprint density at radius 1 is 1.14 bits per heavy atom. The Morgan fingerprint density at radius 2 is 1.76 bits per heavy atom. The summed E-state index contributed by atoms with van der Waals surface area (Å²) in [6, 6.07) is 11.6. The summed E-state index contributed by atoms with van der Waals surface area (Å²) in [7, 11) is 0. The molecule has 1 aliphatic rings. The van der Waals surface area contributed by atoms with Crippen molar-refractivity contribution in [2.75, 3.05) is 19.6 Å². The van der Waals surface area contributed by atoms with E-state index in [1.54, 1.807) is 0 Å². The third-order valence-corrected chi connectivity index (χ3v) is 4.82. The van der Waals surface area contributed by atoms with Gasteiger partial charge in [-0.2, -0.15) is 0 Å². The van der Waals surface area contributed by atoms with Gasteiger partial charge in [0.1, 0.15) is 0 Å². The Kier molecular flexibility index (Phi) is 5.83. The van der Waals surface area contributed by atoms with Gasteiger partial charge >= 0.3 is 0 Å². The summed E-state index contributed by atoms with van der Waals surface area (Å²) in [5, 5.41) is 3.77. The van der Waals surface area contributed by atoms with Gasteiger partial charge in [0.05, 0.1) is 0 Å². The van der Waals surface area contributed by atoms with Crippen LogP contribution >= 0.6 is 0 Å². The van der Waals surface area contributed by atoms with E-state index in [1.165, 1.54) is 37.9 Å². The molecule has 0 amide bonds. The Balaban J connectivity index is 1.66. The number of nitrogens with zero attached hydrogens (tertiary/aromatic N) is 1. The van der Waals surface area contributed by atoms with Crippen LogP contribution in [0.3, 0.4) is 0 Å². The molecule has 0 aromatic heterocycles. The molecule has 0 radical (unpaired) electrons. The highest BCUT2D eigenvalue weighted by Crippen LogP contribution is 2.21. The maximum absolute atomic E-state index is 3.77. The molecule has 1 atom stereocenters. The molecular weight excluding hydrogens is 256 g/mol. The molecule has 2 nitrogen and oxygen atoms in total. The van der Waals surface area contributed by atoms with Gasteiger partial charge in [-0.15, -0.1) is 0 Å². The largest absolute Gasteiger partial charge is 0.314 e. The van der Waals surface area contributed by atoms with Crippen LogP contribution in [0.15, 0.2) is 30.3 Å². The lowest BCUT2D eigenvalue weighted by Gasteiger charge is -2.41. The molecule has 2 rings (SSSR count). The summed E-state index contributed by atoms with van der Waals surface area (Å²) >= 11 is 0. The number of hydrogen-bond donors (Lipinski definition) is 1. The summed E-state index contributed by atoms with van der Waals surface area (Å²) in [5.74, 6) is 0.647. The molecule has 2 heteroatoms. The second-order valence-corrected chi connectivity index (χ2v) is 7.49. The van der Waals surface area contributed by atoms with Gasteiger partial charge in [0.15, 0.2) is 0 Å². The maximum atomic E-state index is 3.77. The molecule has 21 heavy (non-hydrogen) atoms. The first-order valence-electron chi connectivity index (χ1n) is 8.50. The lowest BCUT2D eigenvalue weighted by atomic mass is 9.96. The van der Waals surface area contributed by atoms with Gasteiger partial charge in [-0.3, -0.25) is 4.90 Å². The summed E-state index contributed by atoms with van der Waals surface area (Å²) < 4.78 is 0. The van der Waals surface area contributed by atoms with Gasteiger partial charge in [0.2, 0.25) is 0 Å². The highest BCUT2D eigenvalue weighted by molar-refractivity contribution is 5.18. The van der Waals surface area contributed by atoms with E-state index in [-0.39, 0.29) is 0 Å². The van der Waals surface area contributed by atoms with Gasteiger partial charge < -0.3 is 5.32 Å². The molecule has 0 spiro atoms. The first-order chi connectivity index (χ1) is 9.97. The van der Waals surface area contributed by atoms with Gasteiger partial charge in [-0.05, 0) is 58.1 Å². The normalized spacial score (nSPS) is 19.6. The van der Waals surface area contributed by atoms with Crippen molar-refractivity contribution < 1.29 is 0 Å². The number of likely N-dealkylation sites (tertiary alicyclic amines) is 1. The van der Waals surface area contributed by atoms with E-state index in [9.17, 15) is 0 Å². The van der Waals surface area contributed by atoms with Crippen molar-refractivity contribution in [2.24, 2.45) is 0 Å². The Labute approximate surface area is 130 Å². The number of hydrogen-bond acceptors (Lipinski definition) is 2. The molecule has 1 aromatic carbocycles. The van der Waals surface area contributed by atoms with Crippen molar-refractivity contribution in [3.8, 4) is 0 Å². The van der Waals surface area contributed by atoms with Crippen LogP contribution in [0.1, 0.15) is 58.4 Å². The topological polar surface area (TPSA) is 15.3 Å². The van der Waals surface area contributed by atoms with Crippen LogP contribution in [0.5, 0.6) is 0 Å². The Hall–Kier alpha value is -0.860. The van der Waals surface area contributed by atoms with Crippen LogP contribution in [-0.2, 0) is 0 Å². The Bertz CT molecular complexity index is 399. The minimum Gasteiger partial charge on any atom is -0.314 e. The average molecular weight is 288 g/mol. The zero-order valence-corrected chi connectivity index (χ0v) is 14.2. The molecule has 1 heterocycles. The maximum Gasteiger partial charge on any atom is 0.0125 e. The van der Waals surface area contributed by atoms with Crippen LogP contribution in [-0.4, -0.2) is 36.1 Å². The highest BCUT2D eigenvalue weighted by Gasteiger charge is 2.26. The van der Waals surface area contributed by atoms with Crippen LogP contribution in [0.2, 0.25) is 0 Å². The second kappa shape index (κ2) is 7.42. The van der Waals surface area contributed by atoms with Crippen molar-refractivity contribution in [1.82, 2.24) is 10.2 Å². The number of nitrogens with one attached hydrogen (secondary N) is 1. The van der Waals surface area contributed by atoms with Crippen LogP contribution in [0.25, 0.3) is 0 Å². The van der Waals surface area contributed by atoms with Crippen LogP contribution in [0.4, 0.5) is 0 Å². The van der Waals surface area contributed by atoms with Crippen LogP contribution in [0, 0.1) is 0 Å². The van der Waals surface area contributed by atoms with E-state index in [2.05, 4.69) is 68.2 Å². The summed E-state index contributed by atoms with van der Waals surface area (Å²) in [6.45, 7) is 12.9. The second-order valence-electron chi connectivity index (χ2n) is 7.49. The fraction of sp³-hybridized carbons (Fsp3) is 0.684. The molecule has 1 aromatic rings. The molecule has 1 saturated heterocycles. The smallest absolute Gasteiger partial charge is 0.0125 e. The fourth-order valence-electron chi connectivity index (χ4n) is 3.21.